The molecule has 2 radical (unpaired) electrons. The van der Waals surface area contributed by atoms with Crippen molar-refractivity contribution in [2.75, 3.05) is 5.73 Å². The van der Waals surface area contributed by atoms with Gasteiger partial charge in [0.1, 0.15) is 0 Å². The van der Waals surface area contributed by atoms with Crippen LogP contribution in [-0.2, 0) is 6.32 Å². The summed E-state index contributed by atoms with van der Waals surface area (Å²) in [7, 11) is 5.46. The largest absolute Gasteiger partial charge is 0.399 e. The van der Waals surface area contributed by atoms with Crippen LogP contribution in [0.1, 0.15) is 11.1 Å². The molecule has 0 fully saturated rings. The van der Waals surface area contributed by atoms with Crippen LogP contribution in [0.5, 0.6) is 0 Å². The van der Waals surface area contributed by atoms with Crippen LogP contribution in [-0.4, -0.2) is 7.85 Å². The molecule has 50 valence electrons. The molecule has 2 N–H and O–H groups in total. The fourth-order valence-corrected chi connectivity index (χ4v) is 0.924. The topological polar surface area (TPSA) is 26.0 Å². The molecule has 0 aliphatic rings. The molecule has 0 bridgehead atoms. The Kier molecular flexibility index (Phi) is 2.00. The average molecular weight is 131 g/mol. The summed E-state index contributed by atoms with van der Waals surface area (Å²) in [5.74, 6) is 0. The monoisotopic (exact) mass is 131 g/mol. The minimum Gasteiger partial charge on any atom is -0.399 e. The molecule has 0 unspecified atom stereocenters. The molecule has 0 amide bonds. The van der Waals surface area contributed by atoms with Crippen molar-refractivity contribution in [2.24, 2.45) is 0 Å². The third-order valence-electron chi connectivity index (χ3n) is 1.71. The summed E-state index contributed by atoms with van der Waals surface area (Å²) in [6.07, 6.45) is 0.566. The van der Waals surface area contributed by atoms with Crippen molar-refractivity contribution < 1.29 is 0 Å². The lowest BCUT2D eigenvalue weighted by atomic mass is 9.93. The fraction of sp³-hybridized carbons (Fsp3) is 0.250. The third kappa shape index (κ3) is 1.15. The minimum absolute atomic E-state index is 0.566. The van der Waals surface area contributed by atoms with Gasteiger partial charge in [0.15, 0.2) is 0 Å². The van der Waals surface area contributed by atoms with Crippen molar-refractivity contribution in [2.45, 2.75) is 13.2 Å². The van der Waals surface area contributed by atoms with E-state index in [-0.39, 0.29) is 0 Å². The Bertz CT molecular complexity index is 233. The molecule has 1 aromatic carbocycles. The Morgan fingerprint density at radius 1 is 1.50 bits per heavy atom. The van der Waals surface area contributed by atoms with Gasteiger partial charge >= 0.3 is 0 Å². The van der Waals surface area contributed by atoms with E-state index in [4.69, 9.17) is 13.6 Å². The van der Waals surface area contributed by atoms with Crippen molar-refractivity contribution >= 4 is 13.5 Å². The number of anilines is 1. The van der Waals surface area contributed by atoms with E-state index in [0.29, 0.717) is 6.32 Å². The zero-order valence-corrected chi connectivity index (χ0v) is 6.09. The molecule has 0 saturated carbocycles. The van der Waals surface area contributed by atoms with Gasteiger partial charge in [-0.3, -0.25) is 0 Å². The predicted molar refractivity (Wildman–Crippen MR) is 45.0 cm³/mol. The van der Waals surface area contributed by atoms with Gasteiger partial charge < -0.3 is 5.73 Å². The van der Waals surface area contributed by atoms with Gasteiger partial charge in [0.05, 0.1) is 7.85 Å². The summed E-state index contributed by atoms with van der Waals surface area (Å²) < 4.78 is 0. The van der Waals surface area contributed by atoms with Gasteiger partial charge in [-0.1, -0.05) is 24.0 Å². The van der Waals surface area contributed by atoms with E-state index in [1.54, 1.807) is 0 Å². The first-order valence-electron chi connectivity index (χ1n) is 3.29. The summed E-state index contributed by atoms with van der Waals surface area (Å²) in [6.45, 7) is 1.98. The van der Waals surface area contributed by atoms with Gasteiger partial charge in [-0.2, -0.15) is 0 Å². The second kappa shape index (κ2) is 2.78. The van der Waals surface area contributed by atoms with Crippen LogP contribution in [0, 0.1) is 6.92 Å². The lowest BCUT2D eigenvalue weighted by molar-refractivity contribution is 1.30. The summed E-state index contributed by atoms with van der Waals surface area (Å²) in [5, 5.41) is 0. The first-order valence-corrected chi connectivity index (χ1v) is 3.29. The lowest BCUT2D eigenvalue weighted by Crippen LogP contribution is -1.94. The molecule has 0 saturated heterocycles. The highest BCUT2D eigenvalue weighted by Crippen LogP contribution is 2.14. The lowest BCUT2D eigenvalue weighted by Gasteiger charge is -2.04. The average Bonchev–Trinajstić information content (AvgIpc) is 1.95. The maximum atomic E-state index is 5.64. The molecular formula is C8H10BN. The fourth-order valence-electron chi connectivity index (χ4n) is 0.924. The van der Waals surface area contributed by atoms with E-state index in [1.807, 2.05) is 25.1 Å². The van der Waals surface area contributed by atoms with Gasteiger partial charge in [-0.25, -0.2) is 0 Å². The number of hydrogen-bond donors (Lipinski definition) is 1. The summed E-state index contributed by atoms with van der Waals surface area (Å²) in [4.78, 5) is 0. The maximum Gasteiger partial charge on any atom is 0.0716 e. The second-order valence-corrected chi connectivity index (χ2v) is 2.34. The van der Waals surface area contributed by atoms with E-state index in [2.05, 4.69) is 0 Å². The molecular weight excluding hydrogens is 121 g/mol. The van der Waals surface area contributed by atoms with E-state index in [9.17, 15) is 0 Å². The SMILES string of the molecule is [B]Cc1cccc(N)c1C. The highest BCUT2D eigenvalue weighted by atomic mass is 14.5. The second-order valence-electron chi connectivity index (χ2n) is 2.34. The van der Waals surface area contributed by atoms with Gasteiger partial charge in [-0.15, -0.1) is 0 Å². The Hall–Kier alpha value is -0.915. The van der Waals surface area contributed by atoms with Crippen LogP contribution < -0.4 is 5.73 Å². The zero-order chi connectivity index (χ0) is 7.56. The number of nitrogen functional groups attached to an aromatic ring is 1. The number of nitrogens with two attached hydrogens (primary N) is 1. The van der Waals surface area contributed by atoms with Crippen LogP contribution >= 0.6 is 0 Å². The summed E-state index contributed by atoms with van der Waals surface area (Å²) in [6, 6.07) is 5.80. The van der Waals surface area contributed by atoms with Crippen molar-refractivity contribution in [1.82, 2.24) is 0 Å². The Labute approximate surface area is 62.7 Å². The van der Waals surface area contributed by atoms with Crippen LogP contribution in [0.15, 0.2) is 18.2 Å². The van der Waals surface area contributed by atoms with Crippen molar-refractivity contribution in [3.63, 3.8) is 0 Å². The molecule has 0 aliphatic heterocycles. The van der Waals surface area contributed by atoms with Gasteiger partial charge in [0.25, 0.3) is 0 Å². The van der Waals surface area contributed by atoms with Crippen LogP contribution in [0.25, 0.3) is 0 Å². The zero-order valence-electron chi connectivity index (χ0n) is 6.09. The molecule has 1 aromatic rings. The smallest absolute Gasteiger partial charge is 0.0716 e. The Morgan fingerprint density at radius 3 is 2.70 bits per heavy atom. The van der Waals surface area contributed by atoms with Crippen LogP contribution in [0.2, 0.25) is 0 Å². The molecule has 0 aromatic heterocycles. The molecule has 0 heterocycles. The molecule has 0 atom stereocenters. The predicted octanol–water partition coefficient (Wildman–Crippen LogP) is 1.25. The van der Waals surface area contributed by atoms with E-state index in [0.717, 1.165) is 16.8 Å². The molecule has 0 spiro atoms. The van der Waals surface area contributed by atoms with Gasteiger partial charge in [0.2, 0.25) is 0 Å². The van der Waals surface area contributed by atoms with Gasteiger partial charge in [0, 0.05) is 5.69 Å². The normalized spacial score (nSPS) is 9.70. The number of benzene rings is 1. The van der Waals surface area contributed by atoms with Crippen molar-refractivity contribution in [3.05, 3.63) is 29.3 Å². The first-order chi connectivity index (χ1) is 4.75. The Morgan fingerprint density at radius 2 is 2.20 bits per heavy atom. The standard InChI is InChI=1S/C8H10BN/c1-6-7(5-9)3-2-4-8(6)10/h2-4H,5,10H2,1H3. The summed E-state index contributed by atoms with van der Waals surface area (Å²) in [5.41, 5.74) is 8.69. The highest BCUT2D eigenvalue weighted by Gasteiger charge is 1.96. The quantitative estimate of drug-likeness (QED) is 0.450. The molecule has 10 heavy (non-hydrogen) atoms. The van der Waals surface area contributed by atoms with E-state index < -0.39 is 0 Å². The minimum atomic E-state index is 0.566. The van der Waals surface area contributed by atoms with Gasteiger partial charge in [-0.05, 0) is 18.6 Å². The van der Waals surface area contributed by atoms with E-state index in [1.165, 1.54) is 0 Å². The van der Waals surface area contributed by atoms with Crippen LogP contribution in [0.4, 0.5) is 5.69 Å². The Balaban J connectivity index is 3.14. The highest BCUT2D eigenvalue weighted by molar-refractivity contribution is 6.08. The summed E-state index contributed by atoms with van der Waals surface area (Å²) >= 11 is 0. The molecule has 1 nitrogen and oxygen atoms in total. The van der Waals surface area contributed by atoms with Crippen molar-refractivity contribution in [1.29, 1.82) is 0 Å². The van der Waals surface area contributed by atoms with Crippen LogP contribution in [0.3, 0.4) is 0 Å². The number of hydrogen-bond acceptors (Lipinski definition) is 1. The van der Waals surface area contributed by atoms with Crippen molar-refractivity contribution in [3.8, 4) is 0 Å². The van der Waals surface area contributed by atoms with E-state index >= 15 is 0 Å². The first kappa shape index (κ1) is 7.20. The molecule has 2 heteroatoms. The molecule has 0 aliphatic carbocycles. The number of rotatable bonds is 1. The third-order valence-corrected chi connectivity index (χ3v) is 1.71. The maximum absolute atomic E-state index is 5.64. The molecule has 1 rings (SSSR count).